The van der Waals surface area contributed by atoms with Crippen LogP contribution in [0.5, 0.6) is 0 Å². The molecule has 0 heterocycles. The smallest absolute Gasteiger partial charge is 0.0438 e. The molecule has 0 radical (unpaired) electrons. The van der Waals surface area contributed by atoms with Crippen LogP contribution < -0.4 is 5.73 Å². The van der Waals surface area contributed by atoms with E-state index >= 15 is 0 Å². The van der Waals surface area contributed by atoms with Gasteiger partial charge < -0.3 is 5.73 Å². The van der Waals surface area contributed by atoms with Crippen molar-refractivity contribution in [1.82, 2.24) is 0 Å². The van der Waals surface area contributed by atoms with Crippen LogP contribution in [0.3, 0.4) is 0 Å². The monoisotopic (exact) mass is 285 g/mol. The predicted octanol–water partition coefficient (Wildman–Crippen LogP) is 4.74. The normalized spacial score (nSPS) is 25.8. The molecule has 0 saturated carbocycles. The third-order valence-electron chi connectivity index (χ3n) is 4.96. The lowest BCUT2D eigenvalue weighted by Gasteiger charge is -2.43. The van der Waals surface area contributed by atoms with Gasteiger partial charge >= 0.3 is 0 Å². The molecule has 1 heteroatoms. The van der Waals surface area contributed by atoms with Crippen LogP contribution in [0.25, 0.3) is 11.3 Å². The zero-order valence-electron chi connectivity index (χ0n) is 12.7. The lowest BCUT2D eigenvalue weighted by Crippen LogP contribution is -2.32. The second-order valence-electron chi connectivity index (χ2n) is 6.25. The lowest BCUT2D eigenvalue weighted by atomic mass is 9.60. The quantitative estimate of drug-likeness (QED) is 0.804. The van der Waals surface area contributed by atoms with Gasteiger partial charge in [0.2, 0.25) is 0 Å². The van der Waals surface area contributed by atoms with Crippen molar-refractivity contribution in [3.05, 3.63) is 95.6 Å². The van der Waals surface area contributed by atoms with Gasteiger partial charge in [-0.25, -0.2) is 0 Å². The molecular weight excluding hydrogens is 266 g/mol. The largest absolute Gasteiger partial charge is 0.398 e. The van der Waals surface area contributed by atoms with Gasteiger partial charge in [-0.05, 0) is 16.7 Å². The Balaban J connectivity index is 2.06. The number of rotatable bonds is 1. The summed E-state index contributed by atoms with van der Waals surface area (Å²) in [6, 6.07) is 19.0. The molecule has 2 atom stereocenters. The van der Waals surface area contributed by atoms with Crippen molar-refractivity contribution in [3.63, 3.8) is 0 Å². The van der Waals surface area contributed by atoms with Gasteiger partial charge in [-0.15, -0.1) is 0 Å². The number of benzene rings is 2. The van der Waals surface area contributed by atoms with Crippen LogP contribution in [-0.2, 0) is 0 Å². The first-order valence-electron chi connectivity index (χ1n) is 7.73. The summed E-state index contributed by atoms with van der Waals surface area (Å²) >= 11 is 0. The fourth-order valence-electron chi connectivity index (χ4n) is 3.91. The molecule has 2 aromatic rings. The lowest BCUT2D eigenvalue weighted by molar-refractivity contribution is 0.496. The molecular formula is C21H19N. The van der Waals surface area contributed by atoms with Crippen molar-refractivity contribution in [3.8, 4) is 0 Å². The predicted molar refractivity (Wildman–Crippen MR) is 93.0 cm³/mol. The van der Waals surface area contributed by atoms with Crippen molar-refractivity contribution in [1.29, 1.82) is 0 Å². The van der Waals surface area contributed by atoms with Crippen LogP contribution in [0, 0.1) is 5.41 Å². The molecule has 2 aliphatic carbocycles. The molecule has 0 aliphatic heterocycles. The van der Waals surface area contributed by atoms with Crippen molar-refractivity contribution >= 4 is 11.3 Å². The van der Waals surface area contributed by atoms with Gasteiger partial charge in [0.15, 0.2) is 0 Å². The highest BCUT2D eigenvalue weighted by atomic mass is 14.6. The standard InChI is InChI=1S/C21H19N/c1-21-14-8-7-13-18(21)16-11-5-6-12-17(16)20(22)19(21)15-9-3-2-4-10-15/h2-14,18H,22H2,1H3/t18?,21-/m1/s1. The van der Waals surface area contributed by atoms with Gasteiger partial charge in [-0.1, -0.05) is 85.8 Å². The summed E-state index contributed by atoms with van der Waals surface area (Å²) in [5.41, 5.74) is 12.4. The molecule has 0 spiro atoms. The molecule has 0 fully saturated rings. The topological polar surface area (TPSA) is 26.0 Å². The van der Waals surface area contributed by atoms with E-state index in [-0.39, 0.29) is 5.41 Å². The number of hydrogen-bond donors (Lipinski definition) is 1. The molecule has 2 aliphatic rings. The van der Waals surface area contributed by atoms with Crippen LogP contribution in [0.2, 0.25) is 0 Å². The third-order valence-corrected chi connectivity index (χ3v) is 4.96. The van der Waals surface area contributed by atoms with Gasteiger partial charge in [-0.2, -0.15) is 0 Å². The first-order valence-corrected chi connectivity index (χ1v) is 7.73. The number of hydrogen-bond acceptors (Lipinski definition) is 1. The summed E-state index contributed by atoms with van der Waals surface area (Å²) in [4.78, 5) is 0. The molecule has 4 rings (SSSR count). The highest BCUT2D eigenvalue weighted by Gasteiger charge is 2.42. The van der Waals surface area contributed by atoms with E-state index < -0.39 is 0 Å². The minimum atomic E-state index is -0.103. The van der Waals surface area contributed by atoms with Gasteiger partial charge in [0.1, 0.15) is 0 Å². The molecule has 1 unspecified atom stereocenters. The first kappa shape index (κ1) is 13.1. The van der Waals surface area contributed by atoms with E-state index in [4.69, 9.17) is 5.73 Å². The van der Waals surface area contributed by atoms with Crippen molar-refractivity contribution in [2.24, 2.45) is 11.1 Å². The van der Waals surface area contributed by atoms with Crippen LogP contribution in [0.4, 0.5) is 0 Å². The Bertz CT molecular complexity index is 811. The molecule has 0 amide bonds. The molecule has 0 aromatic heterocycles. The number of nitrogens with two attached hydrogens (primary N) is 1. The highest BCUT2D eigenvalue weighted by Crippen LogP contribution is 2.55. The Labute approximate surface area is 131 Å². The summed E-state index contributed by atoms with van der Waals surface area (Å²) < 4.78 is 0. The number of allylic oxidation sites excluding steroid dienone is 5. The second-order valence-corrected chi connectivity index (χ2v) is 6.25. The van der Waals surface area contributed by atoms with Crippen molar-refractivity contribution in [2.45, 2.75) is 12.8 Å². The SMILES string of the molecule is C[C@@]12C=CC=CC1c1ccccc1C(N)=C2c1ccccc1. The van der Waals surface area contributed by atoms with Crippen LogP contribution >= 0.6 is 0 Å². The fourth-order valence-corrected chi connectivity index (χ4v) is 3.91. The highest BCUT2D eigenvalue weighted by molar-refractivity contribution is 5.96. The van der Waals surface area contributed by atoms with Crippen LogP contribution in [-0.4, -0.2) is 0 Å². The Morgan fingerprint density at radius 3 is 2.45 bits per heavy atom. The van der Waals surface area contributed by atoms with Crippen molar-refractivity contribution < 1.29 is 0 Å². The maximum Gasteiger partial charge on any atom is 0.0438 e. The van der Waals surface area contributed by atoms with E-state index in [2.05, 4.69) is 79.8 Å². The molecule has 108 valence electrons. The molecule has 2 N–H and O–H groups in total. The molecule has 2 aromatic carbocycles. The molecule has 22 heavy (non-hydrogen) atoms. The minimum absolute atomic E-state index is 0.103. The third kappa shape index (κ3) is 1.72. The van der Waals surface area contributed by atoms with E-state index in [0.717, 1.165) is 5.70 Å². The zero-order valence-corrected chi connectivity index (χ0v) is 12.7. The van der Waals surface area contributed by atoms with Crippen LogP contribution in [0.1, 0.15) is 29.5 Å². The average Bonchev–Trinajstić information content (AvgIpc) is 2.56. The molecule has 1 nitrogen and oxygen atoms in total. The summed E-state index contributed by atoms with van der Waals surface area (Å²) in [7, 11) is 0. The summed E-state index contributed by atoms with van der Waals surface area (Å²) in [5, 5.41) is 0. The maximum atomic E-state index is 6.64. The van der Waals surface area contributed by atoms with Gasteiger partial charge in [-0.3, -0.25) is 0 Å². The summed E-state index contributed by atoms with van der Waals surface area (Å²) in [6.07, 6.45) is 8.88. The maximum absolute atomic E-state index is 6.64. The first-order chi connectivity index (χ1) is 10.7. The van der Waals surface area contributed by atoms with E-state index in [1.807, 2.05) is 6.07 Å². The van der Waals surface area contributed by atoms with Gasteiger partial charge in [0, 0.05) is 22.6 Å². The summed E-state index contributed by atoms with van der Waals surface area (Å²) in [6.45, 7) is 2.29. The zero-order chi connectivity index (χ0) is 15.2. The Kier molecular flexibility index (Phi) is 2.83. The van der Waals surface area contributed by atoms with Gasteiger partial charge in [0.25, 0.3) is 0 Å². The Morgan fingerprint density at radius 2 is 1.64 bits per heavy atom. The average molecular weight is 285 g/mol. The molecule has 0 bridgehead atoms. The van der Waals surface area contributed by atoms with E-state index in [9.17, 15) is 0 Å². The van der Waals surface area contributed by atoms with Gasteiger partial charge in [0.05, 0.1) is 0 Å². The van der Waals surface area contributed by atoms with E-state index in [1.165, 1.54) is 22.3 Å². The van der Waals surface area contributed by atoms with E-state index in [0.29, 0.717) is 5.92 Å². The molecule has 0 saturated heterocycles. The summed E-state index contributed by atoms with van der Waals surface area (Å²) in [5.74, 6) is 0.330. The Morgan fingerprint density at radius 1 is 0.909 bits per heavy atom. The minimum Gasteiger partial charge on any atom is -0.398 e. The van der Waals surface area contributed by atoms with Crippen LogP contribution in [0.15, 0.2) is 78.9 Å². The van der Waals surface area contributed by atoms with E-state index in [1.54, 1.807) is 0 Å². The second kappa shape index (κ2) is 4.74. The fraction of sp³-hybridized carbons (Fsp3) is 0.143. The number of fused-ring (bicyclic) bond motifs is 3. The Hall–Kier alpha value is -2.54. The van der Waals surface area contributed by atoms with Crippen molar-refractivity contribution in [2.75, 3.05) is 0 Å².